The summed E-state index contributed by atoms with van der Waals surface area (Å²) < 4.78 is 1.82. The number of rotatable bonds is 6. The van der Waals surface area contributed by atoms with Crippen molar-refractivity contribution in [1.29, 1.82) is 5.26 Å². The Kier molecular flexibility index (Phi) is 4.71. The van der Waals surface area contributed by atoms with Gasteiger partial charge in [0.05, 0.1) is 18.8 Å². The van der Waals surface area contributed by atoms with Gasteiger partial charge in [-0.3, -0.25) is 4.68 Å². The van der Waals surface area contributed by atoms with Crippen LogP contribution in [-0.2, 0) is 6.54 Å². The molecule has 2 rings (SSSR count). The summed E-state index contributed by atoms with van der Waals surface area (Å²) in [5.41, 5.74) is 2.22. The molecule has 2 aromatic rings. The maximum Gasteiger partial charge on any atom is 0.115 e. The second-order valence-corrected chi connectivity index (χ2v) is 4.45. The summed E-state index contributed by atoms with van der Waals surface area (Å²) >= 11 is 0. The molecule has 0 amide bonds. The third kappa shape index (κ3) is 3.67. The predicted octanol–water partition coefficient (Wildman–Crippen LogP) is 2.44. The average Bonchev–Trinajstić information content (AvgIpc) is 2.93. The fraction of sp³-hybridized carbons (Fsp3) is 0.333. The van der Waals surface area contributed by atoms with Gasteiger partial charge in [-0.1, -0.05) is 37.3 Å². The molecule has 4 heteroatoms. The molecule has 1 atom stereocenters. The van der Waals surface area contributed by atoms with E-state index in [2.05, 4.69) is 35.5 Å². The van der Waals surface area contributed by atoms with Crippen LogP contribution in [0, 0.1) is 11.3 Å². The molecule has 1 unspecified atom stereocenters. The number of hydrogen-bond donors (Lipinski definition) is 1. The number of nitrogens with one attached hydrogen (secondary N) is 1. The quantitative estimate of drug-likeness (QED) is 0.861. The third-order valence-electron chi connectivity index (χ3n) is 2.91. The van der Waals surface area contributed by atoms with Gasteiger partial charge in [0, 0.05) is 11.8 Å². The topological polar surface area (TPSA) is 53.6 Å². The Morgan fingerprint density at radius 1 is 1.32 bits per heavy atom. The van der Waals surface area contributed by atoms with Gasteiger partial charge in [-0.05, 0) is 18.5 Å². The zero-order valence-electron chi connectivity index (χ0n) is 11.1. The fourth-order valence-electron chi connectivity index (χ4n) is 1.90. The largest absolute Gasteiger partial charge is 0.300 e. The average molecular weight is 254 g/mol. The van der Waals surface area contributed by atoms with Gasteiger partial charge in [-0.2, -0.15) is 10.4 Å². The standard InChI is InChI=1S/C15H18N4/c1-2-8-17-15(9-16)12-19-11-14(10-18-19)13-6-4-3-5-7-13/h3-7,10-11,15,17H,2,8,12H2,1H3. The Morgan fingerprint density at radius 3 is 2.79 bits per heavy atom. The van der Waals surface area contributed by atoms with Crippen LogP contribution in [0.15, 0.2) is 42.7 Å². The van der Waals surface area contributed by atoms with Gasteiger partial charge in [-0.15, -0.1) is 0 Å². The van der Waals surface area contributed by atoms with Crippen molar-refractivity contribution in [2.24, 2.45) is 0 Å². The van der Waals surface area contributed by atoms with E-state index in [0.717, 1.165) is 24.1 Å². The van der Waals surface area contributed by atoms with E-state index in [4.69, 9.17) is 5.26 Å². The Bertz CT molecular complexity index is 539. The van der Waals surface area contributed by atoms with E-state index in [-0.39, 0.29) is 6.04 Å². The zero-order chi connectivity index (χ0) is 13.5. The molecular formula is C15H18N4. The fourth-order valence-corrected chi connectivity index (χ4v) is 1.90. The van der Waals surface area contributed by atoms with E-state index in [1.54, 1.807) is 0 Å². The van der Waals surface area contributed by atoms with Crippen LogP contribution >= 0.6 is 0 Å². The van der Waals surface area contributed by atoms with Crippen molar-refractivity contribution >= 4 is 0 Å². The molecule has 1 heterocycles. The molecule has 0 spiro atoms. The molecule has 0 radical (unpaired) electrons. The molecule has 98 valence electrons. The van der Waals surface area contributed by atoms with Crippen LogP contribution in [0.25, 0.3) is 11.1 Å². The van der Waals surface area contributed by atoms with E-state index in [9.17, 15) is 0 Å². The SMILES string of the molecule is CCCNC(C#N)Cn1cc(-c2ccccc2)cn1. The lowest BCUT2D eigenvalue weighted by molar-refractivity contribution is 0.491. The zero-order valence-corrected chi connectivity index (χ0v) is 11.1. The smallest absolute Gasteiger partial charge is 0.115 e. The summed E-state index contributed by atoms with van der Waals surface area (Å²) in [5.74, 6) is 0. The summed E-state index contributed by atoms with van der Waals surface area (Å²) in [7, 11) is 0. The Morgan fingerprint density at radius 2 is 2.11 bits per heavy atom. The molecule has 0 bridgehead atoms. The molecule has 4 nitrogen and oxygen atoms in total. The van der Waals surface area contributed by atoms with Gasteiger partial charge >= 0.3 is 0 Å². The first-order valence-corrected chi connectivity index (χ1v) is 6.54. The van der Waals surface area contributed by atoms with Crippen molar-refractivity contribution in [1.82, 2.24) is 15.1 Å². The number of benzene rings is 1. The van der Waals surface area contributed by atoms with Crippen LogP contribution in [0.1, 0.15) is 13.3 Å². The van der Waals surface area contributed by atoms with Crippen LogP contribution in [-0.4, -0.2) is 22.4 Å². The van der Waals surface area contributed by atoms with Gasteiger partial charge < -0.3 is 5.32 Å². The summed E-state index contributed by atoms with van der Waals surface area (Å²) in [6.45, 7) is 3.51. The minimum atomic E-state index is -0.191. The molecule has 0 saturated carbocycles. The number of aromatic nitrogens is 2. The van der Waals surface area contributed by atoms with Crippen LogP contribution in [0.5, 0.6) is 0 Å². The molecular weight excluding hydrogens is 236 g/mol. The molecule has 0 aliphatic carbocycles. The van der Waals surface area contributed by atoms with Crippen molar-refractivity contribution in [3.63, 3.8) is 0 Å². The monoisotopic (exact) mass is 254 g/mol. The molecule has 1 N–H and O–H groups in total. The van der Waals surface area contributed by atoms with E-state index in [1.165, 1.54) is 0 Å². The van der Waals surface area contributed by atoms with Crippen molar-refractivity contribution < 1.29 is 0 Å². The highest BCUT2D eigenvalue weighted by molar-refractivity contribution is 5.61. The molecule has 0 saturated heterocycles. The van der Waals surface area contributed by atoms with E-state index in [1.807, 2.05) is 35.3 Å². The van der Waals surface area contributed by atoms with Gasteiger partial charge in [0.15, 0.2) is 0 Å². The lowest BCUT2D eigenvalue weighted by Gasteiger charge is -2.10. The predicted molar refractivity (Wildman–Crippen MR) is 75.4 cm³/mol. The van der Waals surface area contributed by atoms with Crippen LogP contribution in [0.2, 0.25) is 0 Å². The van der Waals surface area contributed by atoms with Crippen molar-refractivity contribution in [2.75, 3.05) is 6.54 Å². The molecule has 19 heavy (non-hydrogen) atoms. The second-order valence-electron chi connectivity index (χ2n) is 4.45. The van der Waals surface area contributed by atoms with E-state index >= 15 is 0 Å². The Hall–Kier alpha value is -2.12. The molecule has 0 fully saturated rings. The lowest BCUT2D eigenvalue weighted by atomic mass is 10.1. The Labute approximate surface area is 113 Å². The van der Waals surface area contributed by atoms with Crippen molar-refractivity contribution in [3.05, 3.63) is 42.7 Å². The maximum atomic E-state index is 9.08. The van der Waals surface area contributed by atoms with Gasteiger partial charge in [0.25, 0.3) is 0 Å². The van der Waals surface area contributed by atoms with E-state index < -0.39 is 0 Å². The van der Waals surface area contributed by atoms with Crippen LogP contribution in [0.3, 0.4) is 0 Å². The highest BCUT2D eigenvalue weighted by Crippen LogP contribution is 2.17. The minimum absolute atomic E-state index is 0.191. The summed E-state index contributed by atoms with van der Waals surface area (Å²) in [6, 6.07) is 12.2. The second kappa shape index (κ2) is 6.72. The first-order valence-electron chi connectivity index (χ1n) is 6.54. The summed E-state index contributed by atoms with van der Waals surface area (Å²) in [4.78, 5) is 0. The molecule has 0 aliphatic heterocycles. The number of nitriles is 1. The van der Waals surface area contributed by atoms with Crippen molar-refractivity contribution in [3.8, 4) is 17.2 Å². The number of nitrogens with zero attached hydrogens (tertiary/aromatic N) is 3. The number of hydrogen-bond acceptors (Lipinski definition) is 3. The molecule has 1 aromatic carbocycles. The molecule has 0 aliphatic rings. The highest BCUT2D eigenvalue weighted by atomic mass is 15.3. The summed E-state index contributed by atoms with van der Waals surface area (Å²) in [5, 5.41) is 16.6. The Balaban J connectivity index is 2.03. The molecule has 1 aromatic heterocycles. The first kappa shape index (κ1) is 13.3. The highest BCUT2D eigenvalue weighted by Gasteiger charge is 2.08. The van der Waals surface area contributed by atoms with E-state index in [0.29, 0.717) is 6.54 Å². The minimum Gasteiger partial charge on any atom is -0.300 e. The third-order valence-corrected chi connectivity index (χ3v) is 2.91. The van der Waals surface area contributed by atoms with Gasteiger partial charge in [-0.25, -0.2) is 0 Å². The maximum absolute atomic E-state index is 9.08. The first-order chi connectivity index (χ1) is 9.33. The normalized spacial score (nSPS) is 12.0. The lowest BCUT2D eigenvalue weighted by Crippen LogP contribution is -2.32. The van der Waals surface area contributed by atoms with Crippen LogP contribution < -0.4 is 5.32 Å². The van der Waals surface area contributed by atoms with Gasteiger partial charge in [0.1, 0.15) is 6.04 Å². The van der Waals surface area contributed by atoms with Crippen molar-refractivity contribution in [2.45, 2.75) is 25.9 Å². The van der Waals surface area contributed by atoms with Crippen LogP contribution in [0.4, 0.5) is 0 Å². The van der Waals surface area contributed by atoms with Gasteiger partial charge in [0.2, 0.25) is 0 Å². The summed E-state index contributed by atoms with van der Waals surface area (Å²) in [6.07, 6.45) is 4.84.